The fourth-order valence-corrected chi connectivity index (χ4v) is 4.79. The first-order valence-corrected chi connectivity index (χ1v) is 12.8. The van der Waals surface area contributed by atoms with Crippen molar-refractivity contribution in [2.75, 3.05) is 13.7 Å². The molecule has 1 heterocycles. The number of hydrogen-bond acceptors (Lipinski definition) is 7. The number of benzene rings is 3. The average molecular weight is 537 g/mol. The zero-order valence-corrected chi connectivity index (χ0v) is 21.9. The van der Waals surface area contributed by atoms with Gasteiger partial charge in [0.2, 0.25) is 0 Å². The number of rotatable bonds is 10. The van der Waals surface area contributed by atoms with Crippen molar-refractivity contribution < 1.29 is 23.8 Å². The Morgan fingerprint density at radius 1 is 1.05 bits per heavy atom. The van der Waals surface area contributed by atoms with E-state index in [-0.39, 0.29) is 11.7 Å². The van der Waals surface area contributed by atoms with Gasteiger partial charge in [-0.15, -0.1) is 11.3 Å². The van der Waals surface area contributed by atoms with E-state index in [1.54, 1.807) is 42.5 Å². The first kappa shape index (κ1) is 26.2. The van der Waals surface area contributed by atoms with Crippen LogP contribution in [-0.4, -0.2) is 31.8 Å². The van der Waals surface area contributed by atoms with Crippen LogP contribution in [0.2, 0.25) is 5.02 Å². The minimum Gasteiger partial charge on any atom is -0.494 e. The van der Waals surface area contributed by atoms with Gasteiger partial charge in [0.25, 0.3) is 5.91 Å². The summed E-state index contributed by atoms with van der Waals surface area (Å²) in [5.41, 5.74) is 3.59. The van der Waals surface area contributed by atoms with E-state index in [0.717, 1.165) is 28.7 Å². The predicted octanol–water partition coefficient (Wildman–Crippen LogP) is 6.73. The molecule has 0 aliphatic carbocycles. The predicted molar refractivity (Wildman–Crippen MR) is 147 cm³/mol. The van der Waals surface area contributed by atoms with Crippen LogP contribution in [0.15, 0.2) is 71.8 Å². The Morgan fingerprint density at radius 3 is 2.57 bits per heavy atom. The summed E-state index contributed by atoms with van der Waals surface area (Å²) >= 11 is 7.67. The minimum atomic E-state index is -0.569. The number of carbonyl (C=O) groups excluding carboxylic acids is 2. The second kappa shape index (κ2) is 12.4. The molecule has 0 saturated heterocycles. The molecule has 9 heteroatoms. The minimum absolute atomic E-state index is 0.239. The van der Waals surface area contributed by atoms with E-state index >= 15 is 0 Å². The van der Waals surface area contributed by atoms with Crippen LogP contribution in [-0.2, 0) is 0 Å². The van der Waals surface area contributed by atoms with Gasteiger partial charge in [-0.25, -0.2) is 10.2 Å². The highest BCUT2D eigenvalue weighted by molar-refractivity contribution is 7.21. The Kier molecular flexibility index (Phi) is 8.77. The Morgan fingerprint density at radius 2 is 1.84 bits per heavy atom. The molecule has 1 N–H and O–H groups in total. The Bertz CT molecular complexity index is 1430. The van der Waals surface area contributed by atoms with E-state index in [2.05, 4.69) is 17.5 Å². The van der Waals surface area contributed by atoms with Crippen LogP contribution in [0.4, 0.5) is 0 Å². The molecular weight excluding hydrogens is 512 g/mol. The molecule has 190 valence electrons. The standard InChI is InChI=1S/C28H25ClN2O5S/c1-3-4-15-35-20-12-10-19(11-13-20)27(32)31-30-17-18-9-14-22(23(16-18)34-2)36-28(33)26-25(29)21-7-5-6-8-24(21)37-26/h5-14,16-17H,3-4,15H2,1-2H3,(H,31,32)/b30-17+. The van der Waals surface area contributed by atoms with Crippen LogP contribution in [0.3, 0.4) is 0 Å². The number of nitrogens with one attached hydrogen (secondary N) is 1. The van der Waals surface area contributed by atoms with Crippen molar-refractivity contribution in [2.24, 2.45) is 5.10 Å². The average Bonchev–Trinajstić information content (AvgIpc) is 3.26. The molecule has 0 unspecified atom stereocenters. The van der Waals surface area contributed by atoms with Gasteiger partial charge in [-0.3, -0.25) is 4.79 Å². The number of hydrogen-bond donors (Lipinski definition) is 1. The zero-order valence-electron chi connectivity index (χ0n) is 20.3. The summed E-state index contributed by atoms with van der Waals surface area (Å²) < 4.78 is 17.5. The summed E-state index contributed by atoms with van der Waals surface area (Å²) in [5, 5.41) is 5.18. The van der Waals surface area contributed by atoms with Gasteiger partial charge < -0.3 is 14.2 Å². The molecule has 0 spiro atoms. The molecule has 4 rings (SSSR count). The monoisotopic (exact) mass is 536 g/mol. The van der Waals surface area contributed by atoms with Crippen LogP contribution in [0.1, 0.15) is 45.4 Å². The smallest absolute Gasteiger partial charge is 0.355 e. The van der Waals surface area contributed by atoms with Crippen molar-refractivity contribution in [1.82, 2.24) is 5.43 Å². The Hall–Kier alpha value is -3.88. The number of ether oxygens (including phenoxy) is 3. The van der Waals surface area contributed by atoms with Crippen LogP contribution < -0.4 is 19.6 Å². The molecule has 0 radical (unpaired) electrons. The summed E-state index contributed by atoms with van der Waals surface area (Å²) in [4.78, 5) is 25.5. The van der Waals surface area contributed by atoms with E-state index in [1.165, 1.54) is 24.7 Å². The number of halogens is 1. The Labute approximate surface area is 223 Å². The van der Waals surface area contributed by atoms with Gasteiger partial charge in [-0.1, -0.05) is 43.1 Å². The normalized spacial score (nSPS) is 11.0. The lowest BCUT2D eigenvalue weighted by atomic mass is 10.2. The molecule has 1 aromatic heterocycles. The van der Waals surface area contributed by atoms with Gasteiger partial charge in [0.1, 0.15) is 10.6 Å². The summed E-state index contributed by atoms with van der Waals surface area (Å²) in [7, 11) is 1.47. The lowest BCUT2D eigenvalue weighted by Crippen LogP contribution is -2.17. The number of amides is 1. The molecule has 0 bridgehead atoms. The molecule has 4 aromatic rings. The van der Waals surface area contributed by atoms with Crippen molar-refractivity contribution >= 4 is 51.1 Å². The molecule has 7 nitrogen and oxygen atoms in total. The largest absolute Gasteiger partial charge is 0.494 e. The number of unbranched alkanes of at least 4 members (excludes halogenated alkanes) is 1. The number of thiophene rings is 1. The fraction of sp³-hybridized carbons (Fsp3) is 0.179. The first-order chi connectivity index (χ1) is 18.0. The summed E-state index contributed by atoms with van der Waals surface area (Å²) in [5.74, 6) is 0.369. The van der Waals surface area contributed by atoms with Crippen molar-refractivity contribution in [3.8, 4) is 17.2 Å². The summed E-state index contributed by atoms with van der Waals surface area (Å²) in [6.07, 6.45) is 3.50. The summed E-state index contributed by atoms with van der Waals surface area (Å²) in [6.45, 7) is 2.74. The van der Waals surface area contributed by atoms with Gasteiger partial charge in [0.05, 0.1) is 25.0 Å². The topological polar surface area (TPSA) is 86.2 Å². The van der Waals surface area contributed by atoms with Gasteiger partial charge in [-0.2, -0.15) is 5.10 Å². The first-order valence-electron chi connectivity index (χ1n) is 11.6. The SMILES string of the molecule is CCCCOc1ccc(C(=O)N/N=C/c2ccc(OC(=O)c3sc4ccccc4c3Cl)c(OC)c2)cc1. The number of fused-ring (bicyclic) bond motifs is 1. The summed E-state index contributed by atoms with van der Waals surface area (Å²) in [6, 6.07) is 19.3. The second-order valence-electron chi connectivity index (χ2n) is 7.97. The number of esters is 1. The van der Waals surface area contributed by atoms with Crippen molar-refractivity contribution in [3.63, 3.8) is 0 Å². The van der Waals surface area contributed by atoms with Gasteiger partial charge in [0, 0.05) is 15.6 Å². The highest BCUT2D eigenvalue weighted by Gasteiger charge is 2.20. The Balaban J connectivity index is 1.38. The number of hydrazone groups is 1. The van der Waals surface area contributed by atoms with Crippen molar-refractivity contribution in [1.29, 1.82) is 0 Å². The zero-order chi connectivity index (χ0) is 26.2. The van der Waals surface area contributed by atoms with Gasteiger partial charge >= 0.3 is 5.97 Å². The number of methoxy groups -OCH3 is 1. The molecule has 37 heavy (non-hydrogen) atoms. The van der Waals surface area contributed by atoms with Crippen LogP contribution in [0.5, 0.6) is 17.2 Å². The van der Waals surface area contributed by atoms with E-state index in [0.29, 0.717) is 33.4 Å². The third kappa shape index (κ3) is 6.47. The highest BCUT2D eigenvalue weighted by Crippen LogP contribution is 2.37. The van der Waals surface area contributed by atoms with Crippen molar-refractivity contribution in [2.45, 2.75) is 19.8 Å². The third-order valence-electron chi connectivity index (χ3n) is 5.37. The number of nitrogens with zero attached hydrogens (tertiary/aromatic N) is 1. The van der Waals surface area contributed by atoms with E-state index in [1.807, 2.05) is 24.3 Å². The molecule has 0 aliphatic rings. The molecule has 3 aromatic carbocycles. The van der Waals surface area contributed by atoms with E-state index in [4.69, 9.17) is 25.8 Å². The van der Waals surface area contributed by atoms with E-state index < -0.39 is 5.97 Å². The van der Waals surface area contributed by atoms with E-state index in [9.17, 15) is 9.59 Å². The van der Waals surface area contributed by atoms with Gasteiger partial charge in [-0.05, 0) is 60.5 Å². The second-order valence-corrected chi connectivity index (χ2v) is 9.40. The van der Waals surface area contributed by atoms with Crippen LogP contribution in [0, 0.1) is 0 Å². The third-order valence-corrected chi connectivity index (χ3v) is 7.03. The lowest BCUT2D eigenvalue weighted by Gasteiger charge is -2.09. The molecule has 0 atom stereocenters. The van der Waals surface area contributed by atoms with Crippen LogP contribution >= 0.6 is 22.9 Å². The molecule has 0 fully saturated rings. The van der Waals surface area contributed by atoms with Gasteiger partial charge in [0.15, 0.2) is 11.5 Å². The van der Waals surface area contributed by atoms with Crippen molar-refractivity contribution in [3.05, 3.63) is 87.8 Å². The number of carbonyl (C=O) groups is 2. The quantitative estimate of drug-likeness (QED) is 0.0798. The highest BCUT2D eigenvalue weighted by atomic mass is 35.5. The van der Waals surface area contributed by atoms with Crippen LogP contribution in [0.25, 0.3) is 10.1 Å². The fourth-order valence-electron chi connectivity index (χ4n) is 3.41. The maximum atomic E-state index is 12.8. The molecule has 0 aliphatic heterocycles. The molecule has 0 saturated carbocycles. The lowest BCUT2D eigenvalue weighted by molar-refractivity contribution is 0.0734. The maximum absolute atomic E-state index is 12.8. The molecular formula is C28H25ClN2O5S. The maximum Gasteiger partial charge on any atom is 0.355 e. The molecule has 1 amide bonds.